The van der Waals surface area contributed by atoms with Crippen molar-refractivity contribution in [3.05, 3.63) is 35.1 Å². The molecule has 1 heterocycles. The van der Waals surface area contributed by atoms with Gasteiger partial charge < -0.3 is 15.1 Å². The van der Waals surface area contributed by atoms with Gasteiger partial charge in [-0.2, -0.15) is 0 Å². The molecule has 2 N–H and O–H groups in total. The Labute approximate surface area is 111 Å². The predicted molar refractivity (Wildman–Crippen MR) is 68.1 cm³/mol. The fraction of sp³-hybridized carbons (Fsp3) is 0.500. The van der Waals surface area contributed by atoms with Crippen molar-refractivity contribution < 1.29 is 19.4 Å². The summed E-state index contributed by atoms with van der Waals surface area (Å²) in [5, 5.41) is 19.0. The molecule has 1 aromatic carbocycles. The standard InChI is InChI=1S/C14H18FNO3/c1-9-2-3-11(15)6-10(9)7-14(19)16-5-4-12(17)13(18)8-16/h2-3,6,12-13,17-18H,4-5,7-8H2,1H3/t12-,13-/m0/s1. The lowest BCUT2D eigenvalue weighted by Crippen LogP contribution is -2.49. The summed E-state index contributed by atoms with van der Waals surface area (Å²) in [4.78, 5) is 13.6. The van der Waals surface area contributed by atoms with Gasteiger partial charge >= 0.3 is 0 Å². The van der Waals surface area contributed by atoms with Crippen LogP contribution in [0.25, 0.3) is 0 Å². The molecular weight excluding hydrogens is 249 g/mol. The van der Waals surface area contributed by atoms with Crippen LogP contribution in [-0.4, -0.2) is 46.3 Å². The number of aliphatic hydroxyl groups is 2. The minimum absolute atomic E-state index is 0.117. The highest BCUT2D eigenvalue weighted by Gasteiger charge is 2.28. The van der Waals surface area contributed by atoms with E-state index in [9.17, 15) is 19.4 Å². The molecule has 1 fully saturated rings. The molecule has 1 saturated heterocycles. The van der Waals surface area contributed by atoms with Crippen molar-refractivity contribution in [3.63, 3.8) is 0 Å². The first-order valence-corrected chi connectivity index (χ1v) is 6.36. The first-order chi connectivity index (χ1) is 8.97. The predicted octanol–water partition coefficient (Wildman–Crippen LogP) is 0.631. The number of likely N-dealkylation sites (tertiary alicyclic amines) is 1. The summed E-state index contributed by atoms with van der Waals surface area (Å²) >= 11 is 0. The molecule has 19 heavy (non-hydrogen) atoms. The van der Waals surface area contributed by atoms with Crippen LogP contribution in [0.5, 0.6) is 0 Å². The van der Waals surface area contributed by atoms with Gasteiger partial charge in [0.2, 0.25) is 5.91 Å². The summed E-state index contributed by atoms with van der Waals surface area (Å²) < 4.78 is 13.2. The first kappa shape index (κ1) is 14.0. The molecular formula is C14H18FNO3. The number of piperidine rings is 1. The van der Waals surface area contributed by atoms with Crippen LogP contribution in [0, 0.1) is 12.7 Å². The van der Waals surface area contributed by atoms with Gasteiger partial charge in [0.25, 0.3) is 0 Å². The summed E-state index contributed by atoms with van der Waals surface area (Å²) in [6.07, 6.45) is -1.17. The van der Waals surface area contributed by atoms with Gasteiger partial charge in [-0.25, -0.2) is 4.39 Å². The van der Waals surface area contributed by atoms with E-state index in [1.165, 1.54) is 17.0 Å². The molecule has 2 atom stereocenters. The van der Waals surface area contributed by atoms with E-state index in [-0.39, 0.29) is 24.7 Å². The second-order valence-electron chi connectivity index (χ2n) is 5.01. The summed E-state index contributed by atoms with van der Waals surface area (Å²) in [7, 11) is 0. The number of benzene rings is 1. The Hall–Kier alpha value is -1.46. The number of rotatable bonds is 2. The smallest absolute Gasteiger partial charge is 0.227 e. The van der Waals surface area contributed by atoms with E-state index in [4.69, 9.17) is 0 Å². The molecule has 0 bridgehead atoms. The average molecular weight is 267 g/mol. The van der Waals surface area contributed by atoms with Gasteiger partial charge in [-0.05, 0) is 36.6 Å². The van der Waals surface area contributed by atoms with Crippen molar-refractivity contribution in [1.29, 1.82) is 0 Å². The van der Waals surface area contributed by atoms with Crippen molar-refractivity contribution in [2.24, 2.45) is 0 Å². The molecule has 0 unspecified atom stereocenters. The number of amides is 1. The fourth-order valence-electron chi connectivity index (χ4n) is 2.25. The van der Waals surface area contributed by atoms with Gasteiger partial charge in [0, 0.05) is 13.1 Å². The molecule has 0 saturated carbocycles. The molecule has 0 aliphatic carbocycles. The van der Waals surface area contributed by atoms with Gasteiger partial charge in [-0.1, -0.05) is 6.07 Å². The summed E-state index contributed by atoms with van der Waals surface area (Å²) in [6.45, 7) is 2.39. The molecule has 5 heteroatoms. The monoisotopic (exact) mass is 267 g/mol. The van der Waals surface area contributed by atoms with E-state index >= 15 is 0 Å². The lowest BCUT2D eigenvalue weighted by atomic mass is 10.0. The minimum Gasteiger partial charge on any atom is -0.390 e. The van der Waals surface area contributed by atoms with Crippen LogP contribution in [0.15, 0.2) is 18.2 Å². The Kier molecular flexibility index (Phi) is 4.17. The zero-order valence-corrected chi connectivity index (χ0v) is 10.8. The largest absolute Gasteiger partial charge is 0.390 e. The van der Waals surface area contributed by atoms with Gasteiger partial charge in [-0.15, -0.1) is 0 Å². The van der Waals surface area contributed by atoms with E-state index in [1.807, 2.05) is 6.92 Å². The van der Waals surface area contributed by atoms with Crippen LogP contribution in [0.3, 0.4) is 0 Å². The third-order valence-corrected chi connectivity index (χ3v) is 3.55. The zero-order valence-electron chi connectivity index (χ0n) is 10.8. The molecule has 1 aromatic rings. The third kappa shape index (κ3) is 3.30. The van der Waals surface area contributed by atoms with Crippen LogP contribution in [0.4, 0.5) is 4.39 Å². The number of hydrogen-bond donors (Lipinski definition) is 2. The van der Waals surface area contributed by atoms with Crippen LogP contribution in [0.1, 0.15) is 17.5 Å². The average Bonchev–Trinajstić information content (AvgIpc) is 2.37. The van der Waals surface area contributed by atoms with Gasteiger partial charge in [0.15, 0.2) is 0 Å². The van der Waals surface area contributed by atoms with Crippen LogP contribution in [-0.2, 0) is 11.2 Å². The summed E-state index contributed by atoms with van der Waals surface area (Å²) in [5.41, 5.74) is 1.53. The molecule has 0 aromatic heterocycles. The second-order valence-corrected chi connectivity index (χ2v) is 5.01. The highest BCUT2D eigenvalue weighted by molar-refractivity contribution is 5.79. The maximum absolute atomic E-state index is 13.2. The van der Waals surface area contributed by atoms with Crippen LogP contribution >= 0.6 is 0 Å². The highest BCUT2D eigenvalue weighted by atomic mass is 19.1. The number of nitrogens with zero attached hydrogens (tertiary/aromatic N) is 1. The molecule has 104 valence electrons. The molecule has 1 aliphatic rings. The second kappa shape index (κ2) is 5.67. The third-order valence-electron chi connectivity index (χ3n) is 3.55. The van der Waals surface area contributed by atoms with Crippen molar-refractivity contribution in [2.75, 3.05) is 13.1 Å². The Morgan fingerprint density at radius 2 is 2.16 bits per heavy atom. The van der Waals surface area contributed by atoms with E-state index in [2.05, 4.69) is 0 Å². The lowest BCUT2D eigenvalue weighted by molar-refractivity contribution is -0.137. The topological polar surface area (TPSA) is 60.8 Å². The fourth-order valence-corrected chi connectivity index (χ4v) is 2.25. The summed E-state index contributed by atoms with van der Waals surface area (Å²) in [5.74, 6) is -0.512. The first-order valence-electron chi connectivity index (χ1n) is 6.36. The Morgan fingerprint density at radius 1 is 1.42 bits per heavy atom. The Bertz CT molecular complexity index is 478. The van der Waals surface area contributed by atoms with Gasteiger partial charge in [-0.3, -0.25) is 4.79 Å². The molecule has 2 rings (SSSR count). The van der Waals surface area contributed by atoms with Crippen LogP contribution < -0.4 is 0 Å². The quantitative estimate of drug-likeness (QED) is 0.826. The van der Waals surface area contributed by atoms with Crippen molar-refractivity contribution >= 4 is 5.91 Å². The van der Waals surface area contributed by atoms with E-state index in [1.54, 1.807) is 6.07 Å². The van der Waals surface area contributed by atoms with Crippen molar-refractivity contribution in [2.45, 2.75) is 32.0 Å². The van der Waals surface area contributed by atoms with Crippen molar-refractivity contribution in [1.82, 2.24) is 4.90 Å². The molecule has 0 spiro atoms. The van der Waals surface area contributed by atoms with Gasteiger partial charge in [0.05, 0.1) is 18.6 Å². The van der Waals surface area contributed by atoms with E-state index < -0.39 is 12.2 Å². The number of carbonyl (C=O) groups excluding carboxylic acids is 1. The van der Waals surface area contributed by atoms with Gasteiger partial charge in [0.1, 0.15) is 5.82 Å². The van der Waals surface area contributed by atoms with E-state index in [0.717, 1.165) is 5.56 Å². The van der Waals surface area contributed by atoms with Crippen molar-refractivity contribution in [3.8, 4) is 0 Å². The molecule has 1 amide bonds. The number of carbonyl (C=O) groups is 1. The zero-order chi connectivity index (χ0) is 14.0. The molecule has 1 aliphatic heterocycles. The Morgan fingerprint density at radius 3 is 2.84 bits per heavy atom. The molecule has 4 nitrogen and oxygen atoms in total. The Balaban J connectivity index is 2.03. The van der Waals surface area contributed by atoms with Crippen LogP contribution in [0.2, 0.25) is 0 Å². The highest BCUT2D eigenvalue weighted by Crippen LogP contribution is 2.15. The normalized spacial score (nSPS) is 23.5. The van der Waals surface area contributed by atoms with E-state index in [0.29, 0.717) is 18.5 Å². The molecule has 0 radical (unpaired) electrons. The maximum Gasteiger partial charge on any atom is 0.227 e. The number of aryl methyl sites for hydroxylation is 1. The summed E-state index contributed by atoms with van der Waals surface area (Å²) in [6, 6.07) is 4.37. The number of hydrogen-bond acceptors (Lipinski definition) is 3. The number of aliphatic hydroxyl groups excluding tert-OH is 2. The minimum atomic E-state index is -0.897. The maximum atomic E-state index is 13.2. The number of halogens is 1. The SMILES string of the molecule is Cc1ccc(F)cc1CC(=O)N1CC[C@H](O)[C@@H](O)C1. The number of β-amino-alcohol motifs (C(OH)–C–C–N with tert-alkyl or cyclic N) is 1. The lowest BCUT2D eigenvalue weighted by Gasteiger charge is -2.33.